The second-order valence-electron chi connectivity index (χ2n) is 6.40. The molecule has 1 aromatic heterocycles. The maximum Gasteiger partial charge on any atom is 0.316 e. The molecule has 9 heteroatoms. The van der Waals surface area contributed by atoms with Gasteiger partial charge in [0.15, 0.2) is 5.69 Å². The van der Waals surface area contributed by atoms with Crippen molar-refractivity contribution in [1.82, 2.24) is 9.78 Å². The van der Waals surface area contributed by atoms with Crippen molar-refractivity contribution in [3.63, 3.8) is 0 Å². The number of aromatic nitrogens is 2. The molecule has 0 unspecified atom stereocenters. The summed E-state index contributed by atoms with van der Waals surface area (Å²) >= 11 is 0. The number of anilines is 1. The minimum Gasteiger partial charge on any atom is -0.370 e. The van der Waals surface area contributed by atoms with Crippen molar-refractivity contribution in [3.8, 4) is 16.8 Å². The number of hydrogen-bond donors (Lipinski definition) is 4. The fourth-order valence-corrected chi connectivity index (χ4v) is 2.89. The van der Waals surface area contributed by atoms with Gasteiger partial charge in [0.2, 0.25) is 5.91 Å². The van der Waals surface area contributed by atoms with Gasteiger partial charge in [-0.2, -0.15) is 5.10 Å². The fraction of sp³-hybridized carbons (Fsp3) is 0.100. The molecular formula is C20H20N6O3. The summed E-state index contributed by atoms with van der Waals surface area (Å²) in [5.74, 6) is -1.11. The molecule has 0 saturated heterocycles. The standard InChI is InChI=1S/C20H20N6O3/c21-17(27)9-4-12-2-1-3-14(10-12)13-5-7-15(8-6-13)26-11-16(24-20(23)29)18(25-26)19(22)28/h1-3,5-8,10-11H,4,9H2,(H2,21,27)(H2,22,28)(H3,23,24,29). The quantitative estimate of drug-likeness (QED) is 0.480. The Morgan fingerprint density at radius 2 is 1.69 bits per heavy atom. The maximum atomic E-state index is 11.5. The lowest BCUT2D eigenvalue weighted by molar-refractivity contribution is -0.117. The van der Waals surface area contributed by atoms with Gasteiger partial charge in [-0.25, -0.2) is 9.48 Å². The van der Waals surface area contributed by atoms with E-state index >= 15 is 0 Å². The second kappa shape index (κ2) is 8.26. The van der Waals surface area contributed by atoms with E-state index in [1.165, 1.54) is 10.9 Å². The van der Waals surface area contributed by atoms with Gasteiger partial charge in [-0.1, -0.05) is 36.4 Å². The molecule has 7 N–H and O–H groups in total. The Kier molecular flexibility index (Phi) is 5.59. The topological polar surface area (TPSA) is 159 Å². The molecule has 0 spiro atoms. The van der Waals surface area contributed by atoms with Crippen molar-refractivity contribution < 1.29 is 14.4 Å². The highest BCUT2D eigenvalue weighted by molar-refractivity contribution is 6.00. The number of benzene rings is 2. The lowest BCUT2D eigenvalue weighted by Gasteiger charge is -2.07. The number of primary amides is 3. The number of aryl methyl sites for hydroxylation is 1. The SMILES string of the molecule is NC(=O)CCc1cccc(-c2ccc(-n3cc(NC(N)=O)c(C(N)=O)n3)cc2)c1. The van der Waals surface area contributed by atoms with Crippen LogP contribution in [0.15, 0.2) is 54.7 Å². The van der Waals surface area contributed by atoms with Gasteiger partial charge in [-0.15, -0.1) is 0 Å². The molecule has 0 aliphatic carbocycles. The highest BCUT2D eigenvalue weighted by atomic mass is 16.2. The van der Waals surface area contributed by atoms with Crippen molar-refractivity contribution in [1.29, 1.82) is 0 Å². The number of nitrogens with two attached hydrogens (primary N) is 3. The molecule has 4 amide bonds. The Balaban J connectivity index is 1.85. The van der Waals surface area contributed by atoms with E-state index in [0.717, 1.165) is 16.7 Å². The Labute approximate surface area is 166 Å². The Bertz CT molecular complexity index is 1070. The molecule has 9 nitrogen and oxygen atoms in total. The highest BCUT2D eigenvalue weighted by Crippen LogP contribution is 2.24. The zero-order valence-corrected chi connectivity index (χ0v) is 15.5. The van der Waals surface area contributed by atoms with Crippen molar-refractivity contribution in [2.24, 2.45) is 17.2 Å². The monoisotopic (exact) mass is 392 g/mol. The zero-order chi connectivity index (χ0) is 21.0. The summed E-state index contributed by atoms with van der Waals surface area (Å²) in [5.41, 5.74) is 19.3. The Morgan fingerprint density at radius 3 is 2.31 bits per heavy atom. The van der Waals surface area contributed by atoms with E-state index in [1.807, 2.05) is 48.5 Å². The van der Waals surface area contributed by atoms with Crippen molar-refractivity contribution in [2.45, 2.75) is 12.8 Å². The van der Waals surface area contributed by atoms with Crippen LogP contribution in [0.1, 0.15) is 22.5 Å². The molecule has 0 radical (unpaired) electrons. The molecule has 0 bridgehead atoms. The Morgan fingerprint density at radius 1 is 0.966 bits per heavy atom. The number of urea groups is 1. The van der Waals surface area contributed by atoms with Crippen molar-refractivity contribution in [3.05, 3.63) is 66.0 Å². The first-order valence-electron chi connectivity index (χ1n) is 8.77. The van der Waals surface area contributed by atoms with Gasteiger partial charge in [0.1, 0.15) is 0 Å². The first kappa shape index (κ1) is 19.6. The Hall–Kier alpha value is -4.14. The first-order chi connectivity index (χ1) is 13.8. The third kappa shape index (κ3) is 4.78. The number of amides is 4. The zero-order valence-electron chi connectivity index (χ0n) is 15.5. The van der Waals surface area contributed by atoms with E-state index in [1.54, 1.807) is 0 Å². The van der Waals surface area contributed by atoms with Crippen LogP contribution in [0.5, 0.6) is 0 Å². The number of nitrogens with one attached hydrogen (secondary N) is 1. The molecule has 1 heterocycles. The number of carbonyl (C=O) groups excluding carboxylic acids is 3. The third-order valence-corrected chi connectivity index (χ3v) is 4.26. The average Bonchev–Trinajstić information content (AvgIpc) is 3.10. The molecule has 0 fully saturated rings. The number of nitrogens with zero attached hydrogens (tertiary/aromatic N) is 2. The second-order valence-corrected chi connectivity index (χ2v) is 6.40. The van der Waals surface area contributed by atoms with E-state index in [4.69, 9.17) is 17.2 Å². The minimum absolute atomic E-state index is 0.0879. The average molecular weight is 392 g/mol. The predicted molar refractivity (Wildman–Crippen MR) is 108 cm³/mol. The molecule has 3 rings (SSSR count). The van der Waals surface area contributed by atoms with E-state index in [0.29, 0.717) is 18.5 Å². The fourth-order valence-electron chi connectivity index (χ4n) is 2.89. The molecule has 29 heavy (non-hydrogen) atoms. The highest BCUT2D eigenvalue weighted by Gasteiger charge is 2.16. The number of rotatable bonds is 7. The predicted octanol–water partition coefficient (Wildman–Crippen LogP) is 1.55. The van der Waals surface area contributed by atoms with Crippen LogP contribution in [-0.4, -0.2) is 27.6 Å². The van der Waals surface area contributed by atoms with Gasteiger partial charge in [0.25, 0.3) is 5.91 Å². The van der Waals surface area contributed by atoms with Crippen LogP contribution in [0.3, 0.4) is 0 Å². The molecule has 3 aromatic rings. The molecule has 0 aliphatic heterocycles. The number of carbonyl (C=O) groups is 3. The lowest BCUT2D eigenvalue weighted by Crippen LogP contribution is -2.22. The largest absolute Gasteiger partial charge is 0.370 e. The van der Waals surface area contributed by atoms with E-state index in [2.05, 4.69) is 10.4 Å². The first-order valence-corrected chi connectivity index (χ1v) is 8.77. The van der Waals surface area contributed by atoms with Crippen molar-refractivity contribution >= 4 is 23.5 Å². The molecule has 0 saturated carbocycles. The summed E-state index contributed by atoms with van der Waals surface area (Å²) in [4.78, 5) is 33.6. The third-order valence-electron chi connectivity index (χ3n) is 4.26. The van der Waals surface area contributed by atoms with Crippen LogP contribution in [0.25, 0.3) is 16.8 Å². The summed E-state index contributed by atoms with van der Waals surface area (Å²) in [6.07, 6.45) is 2.34. The molecule has 2 aromatic carbocycles. The van der Waals surface area contributed by atoms with Gasteiger partial charge in [0.05, 0.1) is 17.6 Å². The van der Waals surface area contributed by atoms with Crippen LogP contribution < -0.4 is 22.5 Å². The van der Waals surface area contributed by atoms with E-state index < -0.39 is 11.9 Å². The van der Waals surface area contributed by atoms with E-state index in [-0.39, 0.29) is 17.3 Å². The molecule has 0 aliphatic rings. The smallest absolute Gasteiger partial charge is 0.316 e. The van der Waals surface area contributed by atoms with Crippen LogP contribution >= 0.6 is 0 Å². The minimum atomic E-state index is -0.821. The van der Waals surface area contributed by atoms with Gasteiger partial charge in [-0.3, -0.25) is 9.59 Å². The summed E-state index contributed by atoms with van der Waals surface area (Å²) in [7, 11) is 0. The van der Waals surface area contributed by atoms with Crippen LogP contribution in [0.4, 0.5) is 10.5 Å². The van der Waals surface area contributed by atoms with Gasteiger partial charge < -0.3 is 22.5 Å². The van der Waals surface area contributed by atoms with Gasteiger partial charge in [0, 0.05) is 6.42 Å². The number of hydrogen-bond acceptors (Lipinski definition) is 4. The van der Waals surface area contributed by atoms with Crippen LogP contribution in [0.2, 0.25) is 0 Å². The van der Waals surface area contributed by atoms with Gasteiger partial charge >= 0.3 is 6.03 Å². The van der Waals surface area contributed by atoms with Crippen LogP contribution in [0, 0.1) is 0 Å². The summed E-state index contributed by atoms with van der Waals surface area (Å²) < 4.78 is 1.43. The normalized spacial score (nSPS) is 10.5. The molecule has 0 atom stereocenters. The summed E-state index contributed by atoms with van der Waals surface area (Å²) in [5, 5.41) is 6.45. The molecule has 148 valence electrons. The molecular weight excluding hydrogens is 372 g/mol. The summed E-state index contributed by atoms with van der Waals surface area (Å²) in [6, 6.07) is 14.5. The van der Waals surface area contributed by atoms with Crippen LogP contribution in [-0.2, 0) is 11.2 Å². The maximum absolute atomic E-state index is 11.5. The van der Waals surface area contributed by atoms with Crippen molar-refractivity contribution in [2.75, 3.05) is 5.32 Å². The van der Waals surface area contributed by atoms with Gasteiger partial charge in [-0.05, 0) is 35.2 Å². The lowest BCUT2D eigenvalue weighted by atomic mass is 10.0. The van der Waals surface area contributed by atoms with E-state index in [9.17, 15) is 14.4 Å². The summed E-state index contributed by atoms with van der Waals surface area (Å²) in [6.45, 7) is 0.